The maximum absolute atomic E-state index is 3.68. The zero-order valence-corrected chi connectivity index (χ0v) is 9.96. The lowest BCUT2D eigenvalue weighted by Crippen LogP contribution is -2.41. The van der Waals surface area contributed by atoms with Crippen molar-refractivity contribution in [3.63, 3.8) is 0 Å². The number of benzene rings is 1. The molecule has 1 saturated carbocycles. The summed E-state index contributed by atoms with van der Waals surface area (Å²) in [6.45, 7) is 6.72. The molecule has 1 aromatic rings. The van der Waals surface area contributed by atoms with Gasteiger partial charge in [-0.1, -0.05) is 36.8 Å². The van der Waals surface area contributed by atoms with E-state index >= 15 is 0 Å². The molecule has 1 aromatic carbocycles. The molecule has 0 bridgehead atoms. The Balaban J connectivity index is 1.90. The molecule has 1 aliphatic rings. The highest BCUT2D eigenvalue weighted by atomic mass is 15.0. The summed E-state index contributed by atoms with van der Waals surface area (Å²) in [6, 6.07) is 10.1. The monoisotopic (exact) mass is 203 g/mol. The molecular formula is C14H21N. The molecule has 1 fully saturated rings. The van der Waals surface area contributed by atoms with Gasteiger partial charge >= 0.3 is 0 Å². The molecule has 0 unspecified atom stereocenters. The molecule has 82 valence electrons. The molecular weight excluding hydrogens is 182 g/mol. The van der Waals surface area contributed by atoms with Crippen LogP contribution in [0.2, 0.25) is 0 Å². The summed E-state index contributed by atoms with van der Waals surface area (Å²) in [7, 11) is 0. The standard InChI is InChI=1S/C14H21N/c1-10-4-6-13(7-5-10)12(3)15-14-8-11(2)9-14/h4-7,11-12,14-15H,8-9H2,1-3H3/t11?,12-,14?/m1/s1. The van der Waals surface area contributed by atoms with Gasteiger partial charge in [0, 0.05) is 12.1 Å². The topological polar surface area (TPSA) is 12.0 Å². The predicted molar refractivity (Wildman–Crippen MR) is 64.9 cm³/mol. The SMILES string of the molecule is Cc1ccc([C@@H](C)NC2CC(C)C2)cc1. The third-order valence-corrected chi connectivity index (χ3v) is 3.44. The summed E-state index contributed by atoms with van der Waals surface area (Å²) in [5.74, 6) is 0.924. The van der Waals surface area contributed by atoms with E-state index in [0.29, 0.717) is 6.04 Å². The van der Waals surface area contributed by atoms with Gasteiger partial charge in [-0.2, -0.15) is 0 Å². The second-order valence-electron chi connectivity index (χ2n) is 5.07. The van der Waals surface area contributed by atoms with Gasteiger partial charge in [0.2, 0.25) is 0 Å². The number of nitrogens with one attached hydrogen (secondary N) is 1. The van der Waals surface area contributed by atoms with Crippen LogP contribution in [0.25, 0.3) is 0 Å². The van der Waals surface area contributed by atoms with Crippen LogP contribution in [0.3, 0.4) is 0 Å². The predicted octanol–water partition coefficient (Wildman–Crippen LogP) is 3.44. The fourth-order valence-corrected chi connectivity index (χ4v) is 2.34. The average Bonchev–Trinajstić information content (AvgIpc) is 2.16. The fourth-order valence-electron chi connectivity index (χ4n) is 2.34. The Morgan fingerprint density at radius 2 is 1.80 bits per heavy atom. The summed E-state index contributed by atoms with van der Waals surface area (Å²) < 4.78 is 0. The molecule has 0 saturated heterocycles. The van der Waals surface area contributed by atoms with Gasteiger partial charge in [-0.15, -0.1) is 0 Å². The Hall–Kier alpha value is -0.820. The smallest absolute Gasteiger partial charge is 0.0294 e. The van der Waals surface area contributed by atoms with Gasteiger partial charge in [0.05, 0.1) is 0 Å². The highest BCUT2D eigenvalue weighted by Gasteiger charge is 2.26. The van der Waals surface area contributed by atoms with Crippen LogP contribution in [0.15, 0.2) is 24.3 Å². The average molecular weight is 203 g/mol. The Labute approximate surface area is 92.9 Å². The zero-order chi connectivity index (χ0) is 10.8. The molecule has 1 nitrogen and oxygen atoms in total. The van der Waals surface area contributed by atoms with Crippen molar-refractivity contribution in [2.24, 2.45) is 5.92 Å². The number of rotatable bonds is 3. The van der Waals surface area contributed by atoms with Crippen LogP contribution in [0.4, 0.5) is 0 Å². The minimum atomic E-state index is 0.489. The molecule has 2 rings (SSSR count). The van der Waals surface area contributed by atoms with E-state index in [1.54, 1.807) is 0 Å². The highest BCUT2D eigenvalue weighted by Crippen LogP contribution is 2.28. The lowest BCUT2D eigenvalue weighted by Gasteiger charge is -2.35. The quantitative estimate of drug-likeness (QED) is 0.793. The van der Waals surface area contributed by atoms with Gasteiger partial charge < -0.3 is 5.32 Å². The zero-order valence-electron chi connectivity index (χ0n) is 9.96. The third kappa shape index (κ3) is 2.60. The van der Waals surface area contributed by atoms with Crippen LogP contribution in [0, 0.1) is 12.8 Å². The summed E-state index contributed by atoms with van der Waals surface area (Å²) >= 11 is 0. The first-order valence-corrected chi connectivity index (χ1v) is 5.98. The molecule has 0 radical (unpaired) electrons. The van der Waals surface area contributed by atoms with Crippen molar-refractivity contribution >= 4 is 0 Å². The van der Waals surface area contributed by atoms with E-state index in [1.165, 1.54) is 24.0 Å². The lowest BCUT2D eigenvalue weighted by molar-refractivity contribution is 0.226. The van der Waals surface area contributed by atoms with Crippen LogP contribution in [-0.4, -0.2) is 6.04 Å². The first kappa shape index (κ1) is 10.7. The summed E-state index contributed by atoms with van der Waals surface area (Å²) in [5.41, 5.74) is 2.74. The maximum atomic E-state index is 3.68. The van der Waals surface area contributed by atoms with Gasteiger partial charge in [0.25, 0.3) is 0 Å². The van der Waals surface area contributed by atoms with E-state index in [-0.39, 0.29) is 0 Å². The Morgan fingerprint density at radius 3 is 2.33 bits per heavy atom. The van der Waals surface area contributed by atoms with E-state index < -0.39 is 0 Å². The van der Waals surface area contributed by atoms with Gasteiger partial charge in [0.1, 0.15) is 0 Å². The molecule has 0 amide bonds. The van der Waals surface area contributed by atoms with Crippen LogP contribution < -0.4 is 5.32 Å². The molecule has 1 heteroatoms. The minimum absolute atomic E-state index is 0.489. The lowest BCUT2D eigenvalue weighted by atomic mass is 9.81. The van der Waals surface area contributed by atoms with Crippen LogP contribution in [-0.2, 0) is 0 Å². The summed E-state index contributed by atoms with van der Waals surface area (Å²) in [6.07, 6.45) is 2.69. The van der Waals surface area contributed by atoms with Crippen molar-refractivity contribution in [1.82, 2.24) is 5.32 Å². The molecule has 1 aliphatic carbocycles. The first-order chi connectivity index (χ1) is 7.15. The first-order valence-electron chi connectivity index (χ1n) is 5.98. The van der Waals surface area contributed by atoms with Gasteiger partial charge in [-0.3, -0.25) is 0 Å². The van der Waals surface area contributed by atoms with Gasteiger partial charge in [0.15, 0.2) is 0 Å². The molecule has 0 aliphatic heterocycles. The van der Waals surface area contributed by atoms with Gasteiger partial charge in [-0.05, 0) is 38.2 Å². The second-order valence-corrected chi connectivity index (χ2v) is 5.07. The molecule has 1 atom stereocenters. The largest absolute Gasteiger partial charge is 0.307 e. The van der Waals surface area contributed by atoms with Crippen LogP contribution >= 0.6 is 0 Å². The highest BCUT2D eigenvalue weighted by molar-refractivity contribution is 5.23. The Kier molecular flexibility index (Phi) is 3.11. The third-order valence-electron chi connectivity index (χ3n) is 3.44. The number of hydrogen-bond acceptors (Lipinski definition) is 1. The van der Waals surface area contributed by atoms with Gasteiger partial charge in [-0.25, -0.2) is 0 Å². The van der Waals surface area contributed by atoms with E-state index in [1.807, 2.05) is 0 Å². The molecule has 15 heavy (non-hydrogen) atoms. The van der Waals surface area contributed by atoms with Crippen molar-refractivity contribution in [2.45, 2.75) is 45.7 Å². The minimum Gasteiger partial charge on any atom is -0.307 e. The maximum Gasteiger partial charge on any atom is 0.0294 e. The molecule has 1 N–H and O–H groups in total. The molecule has 0 spiro atoms. The van der Waals surface area contributed by atoms with Crippen molar-refractivity contribution in [3.05, 3.63) is 35.4 Å². The fraction of sp³-hybridized carbons (Fsp3) is 0.571. The summed E-state index contributed by atoms with van der Waals surface area (Å²) in [5, 5.41) is 3.68. The normalized spacial score (nSPS) is 27.1. The van der Waals surface area contributed by atoms with Crippen LogP contribution in [0.1, 0.15) is 43.9 Å². The van der Waals surface area contributed by atoms with E-state index in [4.69, 9.17) is 0 Å². The number of hydrogen-bond donors (Lipinski definition) is 1. The molecule has 0 aromatic heterocycles. The Bertz CT molecular complexity index is 309. The molecule has 0 heterocycles. The second kappa shape index (κ2) is 4.36. The van der Waals surface area contributed by atoms with Crippen molar-refractivity contribution in [1.29, 1.82) is 0 Å². The summed E-state index contributed by atoms with van der Waals surface area (Å²) in [4.78, 5) is 0. The number of aryl methyl sites for hydroxylation is 1. The van der Waals surface area contributed by atoms with Crippen molar-refractivity contribution in [3.8, 4) is 0 Å². The van der Waals surface area contributed by atoms with E-state index in [0.717, 1.165) is 12.0 Å². The van der Waals surface area contributed by atoms with Crippen molar-refractivity contribution in [2.75, 3.05) is 0 Å². The Morgan fingerprint density at radius 1 is 1.20 bits per heavy atom. The van der Waals surface area contributed by atoms with E-state index in [2.05, 4.69) is 50.4 Å². The van der Waals surface area contributed by atoms with Crippen LogP contribution in [0.5, 0.6) is 0 Å². The van der Waals surface area contributed by atoms with E-state index in [9.17, 15) is 0 Å². The van der Waals surface area contributed by atoms with Crippen molar-refractivity contribution < 1.29 is 0 Å².